The van der Waals surface area contributed by atoms with Gasteiger partial charge in [0.2, 0.25) is 5.82 Å². The molecule has 0 radical (unpaired) electrons. The monoisotopic (exact) mass is 346 g/mol. The van der Waals surface area contributed by atoms with E-state index in [2.05, 4.69) is 16.2 Å². The average molecular weight is 346 g/mol. The fraction of sp³-hybridized carbons (Fsp3) is 0.190. The van der Waals surface area contributed by atoms with Crippen LogP contribution in [-0.2, 0) is 0 Å². The maximum atomic E-state index is 11.6. The van der Waals surface area contributed by atoms with E-state index in [1.54, 1.807) is 13.0 Å². The van der Waals surface area contributed by atoms with E-state index in [4.69, 9.17) is 8.94 Å². The van der Waals surface area contributed by atoms with Crippen LogP contribution in [0.2, 0.25) is 0 Å². The number of aromatic nitrogens is 2. The maximum absolute atomic E-state index is 11.6. The first-order chi connectivity index (χ1) is 12.4. The number of fused-ring (bicyclic) bond motifs is 1. The topological polar surface area (TPSA) is 69.1 Å². The fourth-order valence-electron chi connectivity index (χ4n) is 3.14. The Morgan fingerprint density at radius 2 is 1.73 bits per heavy atom. The Morgan fingerprint density at radius 3 is 2.42 bits per heavy atom. The molecule has 0 N–H and O–H groups in total. The van der Waals surface area contributed by atoms with Crippen molar-refractivity contribution in [2.75, 3.05) is 0 Å². The van der Waals surface area contributed by atoms with Crippen molar-refractivity contribution in [3.05, 3.63) is 58.7 Å². The summed E-state index contributed by atoms with van der Waals surface area (Å²) in [7, 11) is 0. The van der Waals surface area contributed by atoms with Crippen molar-refractivity contribution in [2.45, 2.75) is 27.7 Å². The summed E-state index contributed by atoms with van der Waals surface area (Å²) < 4.78 is 11.4. The molecule has 0 amide bonds. The summed E-state index contributed by atoms with van der Waals surface area (Å²) in [6, 6.07) is 11.5. The van der Waals surface area contributed by atoms with Gasteiger partial charge < -0.3 is 8.94 Å². The number of carbonyl (C=O) groups excluding carboxylic acids is 1. The Hall–Kier alpha value is -3.21. The molecule has 5 heteroatoms. The summed E-state index contributed by atoms with van der Waals surface area (Å²) in [6.45, 7) is 7.50. The summed E-state index contributed by atoms with van der Waals surface area (Å²) in [5, 5.41) is 5.11. The Morgan fingerprint density at radius 1 is 0.962 bits per heavy atom. The van der Waals surface area contributed by atoms with Gasteiger partial charge in [-0.1, -0.05) is 23.4 Å². The summed E-state index contributed by atoms with van der Waals surface area (Å²) in [5.41, 5.74) is 5.39. The minimum Gasteiger partial charge on any atom is -0.452 e. The van der Waals surface area contributed by atoms with Gasteiger partial charge in [0.15, 0.2) is 11.5 Å². The molecule has 26 heavy (non-hydrogen) atoms. The molecule has 0 saturated carbocycles. The number of furan rings is 1. The van der Waals surface area contributed by atoms with Crippen LogP contribution in [0.4, 0.5) is 0 Å². The van der Waals surface area contributed by atoms with Crippen LogP contribution >= 0.6 is 0 Å². The maximum Gasteiger partial charge on any atom is 0.258 e. The number of benzene rings is 2. The van der Waals surface area contributed by atoms with Gasteiger partial charge in [0.1, 0.15) is 5.58 Å². The van der Waals surface area contributed by atoms with Gasteiger partial charge in [-0.05, 0) is 62.6 Å². The SMILES string of the molecule is CC(=O)c1ccc(-c2nc(-c3cc4c(C)ccc(C)c4o3)no2)cc1C. The summed E-state index contributed by atoms with van der Waals surface area (Å²) >= 11 is 0. The third-order valence-electron chi connectivity index (χ3n) is 4.60. The lowest BCUT2D eigenvalue weighted by molar-refractivity contribution is 0.101. The van der Waals surface area contributed by atoms with Crippen LogP contribution < -0.4 is 0 Å². The number of hydrogen-bond acceptors (Lipinski definition) is 5. The minimum absolute atomic E-state index is 0.0354. The highest BCUT2D eigenvalue weighted by Crippen LogP contribution is 2.31. The van der Waals surface area contributed by atoms with Crippen LogP contribution in [0.5, 0.6) is 0 Å². The second kappa shape index (κ2) is 5.95. The van der Waals surface area contributed by atoms with Crippen LogP contribution in [0.25, 0.3) is 34.0 Å². The van der Waals surface area contributed by atoms with Crippen LogP contribution in [-0.4, -0.2) is 15.9 Å². The van der Waals surface area contributed by atoms with E-state index in [1.807, 2.05) is 45.0 Å². The smallest absolute Gasteiger partial charge is 0.258 e. The first kappa shape index (κ1) is 16.3. The van der Waals surface area contributed by atoms with Gasteiger partial charge in [0.25, 0.3) is 5.89 Å². The van der Waals surface area contributed by atoms with Crippen LogP contribution in [0.3, 0.4) is 0 Å². The predicted octanol–water partition coefficient (Wildman–Crippen LogP) is 5.28. The van der Waals surface area contributed by atoms with E-state index >= 15 is 0 Å². The van der Waals surface area contributed by atoms with E-state index in [0.29, 0.717) is 23.0 Å². The molecular formula is C21H18N2O3. The van der Waals surface area contributed by atoms with Gasteiger partial charge >= 0.3 is 0 Å². The third-order valence-corrected chi connectivity index (χ3v) is 4.60. The van der Waals surface area contributed by atoms with E-state index in [0.717, 1.165) is 33.2 Å². The molecule has 0 aliphatic carbocycles. The molecular weight excluding hydrogens is 328 g/mol. The van der Waals surface area contributed by atoms with E-state index in [9.17, 15) is 4.79 Å². The molecule has 4 aromatic rings. The molecule has 0 aliphatic rings. The van der Waals surface area contributed by atoms with E-state index in [-0.39, 0.29) is 5.78 Å². The van der Waals surface area contributed by atoms with Crippen LogP contribution in [0.15, 0.2) is 45.3 Å². The number of rotatable bonds is 3. The first-order valence-corrected chi connectivity index (χ1v) is 8.40. The number of Topliss-reactive ketones (excluding diaryl/α,β-unsaturated/α-hetero) is 1. The molecule has 0 fully saturated rings. The highest BCUT2D eigenvalue weighted by Gasteiger charge is 2.17. The zero-order chi connectivity index (χ0) is 18.4. The van der Waals surface area contributed by atoms with Crippen molar-refractivity contribution in [1.82, 2.24) is 10.1 Å². The van der Waals surface area contributed by atoms with E-state index in [1.165, 1.54) is 0 Å². The highest BCUT2D eigenvalue weighted by molar-refractivity contribution is 5.96. The van der Waals surface area contributed by atoms with Gasteiger partial charge in [0, 0.05) is 16.5 Å². The lowest BCUT2D eigenvalue weighted by atomic mass is 10.0. The molecule has 2 aromatic heterocycles. The van der Waals surface area contributed by atoms with Crippen LogP contribution in [0.1, 0.15) is 34.0 Å². The normalized spacial score (nSPS) is 11.2. The Kier molecular flexibility index (Phi) is 3.72. The predicted molar refractivity (Wildman–Crippen MR) is 99.2 cm³/mol. The van der Waals surface area contributed by atoms with E-state index < -0.39 is 0 Å². The fourth-order valence-corrected chi connectivity index (χ4v) is 3.14. The molecule has 0 spiro atoms. The zero-order valence-electron chi connectivity index (χ0n) is 15.1. The Bertz CT molecular complexity index is 1110. The Labute approximate surface area is 150 Å². The van der Waals surface area contributed by atoms with Gasteiger partial charge in [-0.3, -0.25) is 4.79 Å². The third kappa shape index (κ3) is 2.62. The number of ketones is 1. The largest absolute Gasteiger partial charge is 0.452 e. The molecule has 130 valence electrons. The van der Waals surface area contributed by atoms with Crippen molar-refractivity contribution in [3.8, 4) is 23.0 Å². The number of carbonyl (C=O) groups is 1. The molecule has 5 nitrogen and oxygen atoms in total. The van der Waals surface area contributed by atoms with Crippen molar-refractivity contribution in [1.29, 1.82) is 0 Å². The molecule has 2 aromatic carbocycles. The number of aryl methyl sites for hydroxylation is 3. The molecule has 2 heterocycles. The molecule has 0 bridgehead atoms. The average Bonchev–Trinajstić information content (AvgIpc) is 3.25. The second-order valence-electron chi connectivity index (χ2n) is 6.56. The van der Waals surface area contributed by atoms with Crippen molar-refractivity contribution < 1.29 is 13.7 Å². The summed E-state index contributed by atoms with van der Waals surface area (Å²) in [5.74, 6) is 1.41. The zero-order valence-corrected chi connectivity index (χ0v) is 15.1. The van der Waals surface area contributed by atoms with Crippen molar-refractivity contribution in [2.24, 2.45) is 0 Å². The first-order valence-electron chi connectivity index (χ1n) is 8.40. The standard InChI is InChI=1S/C21H18N2O3/c1-11-5-6-12(2)19-17(11)10-18(25-19)20-22-21(26-23-20)15-7-8-16(14(4)24)13(3)9-15/h5-10H,1-4H3. The van der Waals surface area contributed by atoms with Gasteiger partial charge in [-0.15, -0.1) is 0 Å². The van der Waals surface area contributed by atoms with Gasteiger partial charge in [-0.2, -0.15) is 4.98 Å². The Balaban J connectivity index is 1.75. The van der Waals surface area contributed by atoms with Gasteiger partial charge in [-0.25, -0.2) is 0 Å². The van der Waals surface area contributed by atoms with Crippen molar-refractivity contribution >= 4 is 16.8 Å². The molecule has 0 aliphatic heterocycles. The molecule has 0 unspecified atom stereocenters. The second-order valence-corrected chi connectivity index (χ2v) is 6.56. The van der Waals surface area contributed by atoms with Crippen molar-refractivity contribution in [3.63, 3.8) is 0 Å². The van der Waals surface area contributed by atoms with Crippen LogP contribution in [0, 0.1) is 20.8 Å². The molecule has 0 saturated heterocycles. The van der Waals surface area contributed by atoms with Gasteiger partial charge in [0.05, 0.1) is 0 Å². The summed E-state index contributed by atoms with van der Waals surface area (Å²) in [6.07, 6.45) is 0. The lowest BCUT2D eigenvalue weighted by Crippen LogP contribution is -1.95. The lowest BCUT2D eigenvalue weighted by Gasteiger charge is -2.02. The summed E-state index contributed by atoms with van der Waals surface area (Å²) in [4.78, 5) is 16.0. The quantitative estimate of drug-likeness (QED) is 0.472. The highest BCUT2D eigenvalue weighted by atomic mass is 16.5. The number of hydrogen-bond donors (Lipinski definition) is 0. The molecule has 4 rings (SSSR count). The number of nitrogens with zero attached hydrogens (tertiary/aromatic N) is 2. The molecule has 0 atom stereocenters. The minimum atomic E-state index is 0.0354.